The van der Waals surface area contributed by atoms with E-state index in [0.29, 0.717) is 12.8 Å². The van der Waals surface area contributed by atoms with E-state index in [1.165, 1.54) is 0 Å². The Morgan fingerprint density at radius 2 is 0.913 bits per heavy atom. The largest absolute Gasteiger partial charge is 0.396 e. The maximum Gasteiger partial charge on any atom is 0.111 e. The van der Waals surface area contributed by atoms with Crippen molar-refractivity contribution in [3.63, 3.8) is 0 Å². The molecule has 0 aliphatic carbocycles. The summed E-state index contributed by atoms with van der Waals surface area (Å²) < 4.78 is 0. The molecule has 0 saturated heterocycles. The molecule has 0 fully saturated rings. The average molecular weight is 338 g/mol. The fourth-order valence-corrected chi connectivity index (χ4v) is 2.46. The fraction of sp³-hybridized carbons (Fsp3) is 1.00. The SMILES string of the molecule is OCCCCCCCCCCC(O)[C@H](O)[C@@H](O)[C@H](O)[C@H](O)CO. The minimum atomic E-state index is -1.71. The first-order valence-electron chi connectivity index (χ1n) is 8.57. The van der Waals surface area contributed by atoms with E-state index in [9.17, 15) is 25.5 Å². The minimum absolute atomic E-state index is 0.246. The monoisotopic (exact) mass is 338 g/mol. The van der Waals surface area contributed by atoms with E-state index in [4.69, 9.17) is 10.2 Å². The maximum atomic E-state index is 9.80. The van der Waals surface area contributed by atoms with E-state index in [2.05, 4.69) is 0 Å². The zero-order valence-electron chi connectivity index (χ0n) is 13.8. The van der Waals surface area contributed by atoms with Crippen LogP contribution in [-0.4, -0.2) is 79.5 Å². The Hall–Kier alpha value is -0.280. The highest BCUT2D eigenvalue weighted by Gasteiger charge is 2.33. The van der Waals surface area contributed by atoms with Crippen LogP contribution in [0.4, 0.5) is 0 Å². The Bertz CT molecular complexity index is 265. The summed E-state index contributed by atoms with van der Waals surface area (Å²) in [5.41, 5.74) is 0. The standard InChI is InChI=1S/C16H34O7/c17-10-8-6-4-2-1-3-5-7-9-12(19)14(21)16(23)15(22)13(20)11-18/h12-23H,1-11H2/t12?,13-,14+,15-,16-/m1/s1. The molecule has 7 nitrogen and oxygen atoms in total. The number of rotatable bonds is 15. The predicted molar refractivity (Wildman–Crippen MR) is 85.8 cm³/mol. The highest BCUT2D eigenvalue weighted by molar-refractivity contribution is 4.84. The summed E-state index contributed by atoms with van der Waals surface area (Å²) in [7, 11) is 0. The number of aliphatic hydroxyl groups is 7. The van der Waals surface area contributed by atoms with Crippen molar-refractivity contribution in [3.8, 4) is 0 Å². The zero-order chi connectivity index (χ0) is 17.7. The first-order chi connectivity index (χ1) is 11.0. The summed E-state index contributed by atoms with van der Waals surface area (Å²) in [5.74, 6) is 0. The van der Waals surface area contributed by atoms with Crippen LogP contribution in [0.15, 0.2) is 0 Å². The van der Waals surface area contributed by atoms with Crippen molar-refractivity contribution in [3.05, 3.63) is 0 Å². The lowest BCUT2D eigenvalue weighted by molar-refractivity contribution is -0.141. The Morgan fingerprint density at radius 1 is 0.478 bits per heavy atom. The molecule has 5 atom stereocenters. The van der Waals surface area contributed by atoms with Gasteiger partial charge in [-0.2, -0.15) is 0 Å². The molecule has 0 aromatic heterocycles. The molecule has 0 radical (unpaired) electrons. The molecule has 0 amide bonds. The lowest BCUT2D eigenvalue weighted by atomic mass is 9.96. The molecule has 0 saturated carbocycles. The molecule has 23 heavy (non-hydrogen) atoms. The summed E-state index contributed by atoms with van der Waals surface area (Å²) in [6.07, 6.45) is 0.412. The zero-order valence-corrected chi connectivity index (χ0v) is 13.8. The third-order valence-corrected chi connectivity index (χ3v) is 4.08. The summed E-state index contributed by atoms with van der Waals surface area (Å²) in [6, 6.07) is 0. The molecular weight excluding hydrogens is 304 g/mol. The molecule has 0 bridgehead atoms. The molecule has 7 heteroatoms. The molecule has 7 N–H and O–H groups in total. The smallest absolute Gasteiger partial charge is 0.111 e. The van der Waals surface area contributed by atoms with Gasteiger partial charge >= 0.3 is 0 Å². The van der Waals surface area contributed by atoms with Crippen LogP contribution in [0.25, 0.3) is 0 Å². The number of unbranched alkanes of at least 4 members (excludes halogenated alkanes) is 7. The van der Waals surface area contributed by atoms with Crippen molar-refractivity contribution in [1.82, 2.24) is 0 Å². The fourth-order valence-electron chi connectivity index (χ4n) is 2.46. The normalized spacial score (nSPS) is 18.4. The van der Waals surface area contributed by atoms with Crippen LogP contribution in [0.1, 0.15) is 57.8 Å². The minimum Gasteiger partial charge on any atom is -0.396 e. The summed E-state index contributed by atoms with van der Waals surface area (Å²) in [4.78, 5) is 0. The lowest BCUT2D eigenvalue weighted by Gasteiger charge is -2.28. The highest BCUT2D eigenvalue weighted by Crippen LogP contribution is 2.15. The van der Waals surface area contributed by atoms with Gasteiger partial charge in [-0.3, -0.25) is 0 Å². The van der Waals surface area contributed by atoms with Crippen LogP contribution in [0.5, 0.6) is 0 Å². The van der Waals surface area contributed by atoms with E-state index in [-0.39, 0.29) is 6.61 Å². The van der Waals surface area contributed by atoms with Crippen LogP contribution in [-0.2, 0) is 0 Å². The molecule has 0 aliphatic heterocycles. The van der Waals surface area contributed by atoms with Gasteiger partial charge < -0.3 is 35.7 Å². The van der Waals surface area contributed by atoms with E-state index in [1.54, 1.807) is 0 Å². The van der Waals surface area contributed by atoms with Crippen molar-refractivity contribution in [2.75, 3.05) is 13.2 Å². The van der Waals surface area contributed by atoms with Crippen LogP contribution >= 0.6 is 0 Å². The second kappa shape index (κ2) is 14.1. The predicted octanol–water partition coefficient (Wildman–Crippen LogP) is -0.714. The van der Waals surface area contributed by atoms with Gasteiger partial charge in [0.25, 0.3) is 0 Å². The first-order valence-corrected chi connectivity index (χ1v) is 8.57. The van der Waals surface area contributed by atoms with Gasteiger partial charge in [-0.05, 0) is 12.8 Å². The second-order valence-corrected chi connectivity index (χ2v) is 6.13. The van der Waals surface area contributed by atoms with Crippen LogP contribution in [0, 0.1) is 0 Å². The number of hydrogen-bond donors (Lipinski definition) is 7. The highest BCUT2D eigenvalue weighted by atomic mass is 16.4. The van der Waals surface area contributed by atoms with E-state index < -0.39 is 37.1 Å². The van der Waals surface area contributed by atoms with Crippen molar-refractivity contribution in [2.24, 2.45) is 0 Å². The van der Waals surface area contributed by atoms with Gasteiger partial charge in [0, 0.05) is 6.61 Å². The van der Waals surface area contributed by atoms with Gasteiger partial charge in [0.1, 0.15) is 24.4 Å². The van der Waals surface area contributed by atoms with E-state index in [0.717, 1.165) is 44.9 Å². The molecular formula is C16H34O7. The van der Waals surface area contributed by atoms with Gasteiger partial charge in [-0.15, -0.1) is 0 Å². The number of hydrogen-bond acceptors (Lipinski definition) is 7. The van der Waals surface area contributed by atoms with Gasteiger partial charge in [0.2, 0.25) is 0 Å². The molecule has 0 heterocycles. The molecule has 0 aromatic rings. The van der Waals surface area contributed by atoms with Gasteiger partial charge in [-0.25, -0.2) is 0 Å². The Kier molecular flexibility index (Phi) is 13.9. The average Bonchev–Trinajstić information content (AvgIpc) is 2.57. The van der Waals surface area contributed by atoms with E-state index >= 15 is 0 Å². The summed E-state index contributed by atoms with van der Waals surface area (Å²) in [5, 5.41) is 65.2. The van der Waals surface area contributed by atoms with Gasteiger partial charge in [-0.1, -0.05) is 44.9 Å². The van der Waals surface area contributed by atoms with Crippen molar-refractivity contribution < 1.29 is 35.7 Å². The summed E-state index contributed by atoms with van der Waals surface area (Å²) in [6.45, 7) is -0.491. The summed E-state index contributed by atoms with van der Waals surface area (Å²) >= 11 is 0. The third kappa shape index (κ3) is 10.2. The molecule has 0 spiro atoms. The third-order valence-electron chi connectivity index (χ3n) is 4.08. The Balaban J connectivity index is 3.74. The van der Waals surface area contributed by atoms with Crippen molar-refractivity contribution in [1.29, 1.82) is 0 Å². The topological polar surface area (TPSA) is 142 Å². The van der Waals surface area contributed by atoms with Crippen molar-refractivity contribution >= 4 is 0 Å². The van der Waals surface area contributed by atoms with Gasteiger partial charge in [0.15, 0.2) is 0 Å². The quantitative estimate of drug-likeness (QED) is 0.195. The lowest BCUT2D eigenvalue weighted by Crippen LogP contribution is -2.49. The Labute approximate surface area is 138 Å². The maximum absolute atomic E-state index is 9.80. The molecule has 0 aliphatic rings. The Morgan fingerprint density at radius 3 is 1.39 bits per heavy atom. The molecule has 1 unspecified atom stereocenters. The molecule has 0 aromatic carbocycles. The molecule has 0 rings (SSSR count). The van der Waals surface area contributed by atoms with Crippen molar-refractivity contribution in [2.45, 2.75) is 88.3 Å². The second-order valence-electron chi connectivity index (χ2n) is 6.13. The number of aliphatic hydroxyl groups excluding tert-OH is 7. The van der Waals surface area contributed by atoms with Crippen LogP contribution < -0.4 is 0 Å². The van der Waals surface area contributed by atoms with Gasteiger partial charge in [0.05, 0.1) is 12.7 Å². The van der Waals surface area contributed by atoms with E-state index in [1.807, 2.05) is 0 Å². The van der Waals surface area contributed by atoms with Crippen LogP contribution in [0.3, 0.4) is 0 Å². The first kappa shape index (κ1) is 22.7. The molecule has 140 valence electrons. The van der Waals surface area contributed by atoms with Crippen LogP contribution in [0.2, 0.25) is 0 Å².